The summed E-state index contributed by atoms with van der Waals surface area (Å²) in [5.41, 5.74) is 0. The van der Waals surface area contributed by atoms with Crippen LogP contribution in [0.3, 0.4) is 0 Å². The van der Waals surface area contributed by atoms with Gasteiger partial charge >= 0.3 is 0 Å². The second-order valence-electron chi connectivity index (χ2n) is 1.71. The largest absolute Gasteiger partial charge is 0.244 e. The molecule has 1 rings (SSSR count). The predicted octanol–water partition coefficient (Wildman–Crippen LogP) is 1.40. The minimum atomic E-state index is -1.83. The molecule has 0 heterocycles. The van der Waals surface area contributed by atoms with Crippen LogP contribution in [0.4, 0.5) is 13.2 Å². The van der Waals surface area contributed by atoms with E-state index in [9.17, 15) is 13.2 Å². The summed E-state index contributed by atoms with van der Waals surface area (Å²) in [5.74, 6) is 0. The van der Waals surface area contributed by atoms with Gasteiger partial charge in [0.1, 0.15) is 12.3 Å². The van der Waals surface area contributed by atoms with Gasteiger partial charge < -0.3 is 0 Å². The predicted molar refractivity (Wildman–Crippen MR) is 19.3 cm³/mol. The van der Waals surface area contributed by atoms with Gasteiger partial charge in [-0.3, -0.25) is 0 Å². The van der Waals surface area contributed by atoms with Gasteiger partial charge in [0.25, 0.3) is 0 Å². The number of halogens is 3. The molecule has 0 N–H and O–H groups in total. The van der Waals surface area contributed by atoms with Crippen LogP contribution >= 0.6 is 0 Å². The average molecular weight is 110 g/mol. The van der Waals surface area contributed by atoms with E-state index in [1.54, 1.807) is 0 Å². The molecule has 0 aromatic heterocycles. The standard InChI is InChI=1S/C4H5F3/c5-2-1-3(6)4(2)7/h2-4H,1H2. The summed E-state index contributed by atoms with van der Waals surface area (Å²) < 4.78 is 34.6. The first-order valence-electron chi connectivity index (χ1n) is 2.14. The van der Waals surface area contributed by atoms with Crippen LogP contribution in [0, 0.1) is 0 Å². The van der Waals surface area contributed by atoms with Gasteiger partial charge in [0, 0.05) is 6.42 Å². The number of hydrogen-bond donors (Lipinski definition) is 0. The Hall–Kier alpha value is -0.210. The molecule has 0 spiro atoms. The highest BCUT2D eigenvalue weighted by Crippen LogP contribution is 2.29. The molecule has 1 saturated carbocycles. The molecule has 0 aromatic carbocycles. The second kappa shape index (κ2) is 1.39. The molecule has 0 radical (unpaired) electrons. The number of hydrogen-bond acceptors (Lipinski definition) is 0. The molecule has 3 heteroatoms. The maximum absolute atomic E-state index is 11.6. The van der Waals surface area contributed by atoms with E-state index in [0.717, 1.165) is 0 Å². The summed E-state index contributed by atoms with van der Waals surface area (Å²) in [4.78, 5) is 0. The fraction of sp³-hybridized carbons (Fsp3) is 1.00. The van der Waals surface area contributed by atoms with E-state index in [-0.39, 0.29) is 6.42 Å². The molecule has 7 heavy (non-hydrogen) atoms. The van der Waals surface area contributed by atoms with Crippen molar-refractivity contribution in [1.29, 1.82) is 0 Å². The molecule has 2 atom stereocenters. The van der Waals surface area contributed by atoms with Crippen LogP contribution in [-0.4, -0.2) is 18.5 Å². The zero-order chi connectivity index (χ0) is 5.44. The zero-order valence-electron chi connectivity index (χ0n) is 3.57. The normalized spacial score (nSPS) is 51.0. The molecule has 2 unspecified atom stereocenters. The summed E-state index contributed by atoms with van der Waals surface area (Å²) in [7, 11) is 0. The lowest BCUT2D eigenvalue weighted by atomic mass is 9.93. The number of alkyl halides is 3. The van der Waals surface area contributed by atoms with E-state index in [2.05, 4.69) is 0 Å². The van der Waals surface area contributed by atoms with Crippen LogP contribution in [0.15, 0.2) is 0 Å². The molecule has 0 aliphatic heterocycles. The Kier molecular flexibility index (Phi) is 0.978. The highest BCUT2D eigenvalue weighted by molar-refractivity contribution is 4.89. The molecule has 0 amide bonds. The maximum atomic E-state index is 11.6. The van der Waals surface area contributed by atoms with Gasteiger partial charge in [-0.1, -0.05) is 0 Å². The first-order chi connectivity index (χ1) is 3.22. The molecule has 1 aliphatic rings. The first kappa shape index (κ1) is 4.94. The van der Waals surface area contributed by atoms with Crippen molar-refractivity contribution >= 4 is 0 Å². The average Bonchev–Trinajstić information content (AvgIpc) is 1.68. The molecule has 0 aromatic rings. The van der Waals surface area contributed by atoms with E-state index in [1.807, 2.05) is 0 Å². The van der Waals surface area contributed by atoms with Gasteiger partial charge in [-0.15, -0.1) is 0 Å². The highest BCUT2D eigenvalue weighted by atomic mass is 19.2. The molecule has 1 aliphatic carbocycles. The van der Waals surface area contributed by atoms with Crippen molar-refractivity contribution in [2.75, 3.05) is 0 Å². The lowest BCUT2D eigenvalue weighted by Gasteiger charge is -2.27. The molecule has 42 valence electrons. The quantitative estimate of drug-likeness (QED) is 0.442. The Bertz CT molecular complexity index is 65.3. The van der Waals surface area contributed by atoms with Crippen LogP contribution in [-0.2, 0) is 0 Å². The van der Waals surface area contributed by atoms with Crippen LogP contribution in [0.2, 0.25) is 0 Å². The van der Waals surface area contributed by atoms with E-state index in [1.165, 1.54) is 0 Å². The minimum absolute atomic E-state index is 0.249. The lowest BCUT2D eigenvalue weighted by Crippen LogP contribution is -2.41. The third-order valence-electron chi connectivity index (χ3n) is 1.14. The van der Waals surface area contributed by atoms with Crippen LogP contribution in [0.25, 0.3) is 0 Å². The van der Waals surface area contributed by atoms with E-state index in [0.29, 0.717) is 0 Å². The third-order valence-corrected chi connectivity index (χ3v) is 1.14. The Morgan fingerprint density at radius 3 is 1.43 bits per heavy atom. The van der Waals surface area contributed by atoms with Gasteiger partial charge in [-0.25, -0.2) is 13.2 Å². The fourth-order valence-electron chi connectivity index (χ4n) is 0.506. The highest BCUT2D eigenvalue weighted by Gasteiger charge is 2.42. The van der Waals surface area contributed by atoms with Crippen molar-refractivity contribution in [3.05, 3.63) is 0 Å². The molecular formula is C4H5F3. The van der Waals surface area contributed by atoms with Crippen molar-refractivity contribution in [1.82, 2.24) is 0 Å². The van der Waals surface area contributed by atoms with E-state index in [4.69, 9.17) is 0 Å². The monoisotopic (exact) mass is 110 g/mol. The topological polar surface area (TPSA) is 0 Å². The molecule has 0 bridgehead atoms. The third kappa shape index (κ3) is 0.598. The van der Waals surface area contributed by atoms with Crippen molar-refractivity contribution in [2.45, 2.75) is 24.9 Å². The molecule has 0 saturated heterocycles. The summed E-state index contributed by atoms with van der Waals surface area (Å²) in [6, 6.07) is 0. The van der Waals surface area contributed by atoms with E-state index >= 15 is 0 Å². The molecule has 0 nitrogen and oxygen atoms in total. The minimum Gasteiger partial charge on any atom is -0.244 e. The van der Waals surface area contributed by atoms with Crippen molar-refractivity contribution < 1.29 is 13.2 Å². The van der Waals surface area contributed by atoms with Gasteiger partial charge in [-0.05, 0) is 0 Å². The van der Waals surface area contributed by atoms with Crippen molar-refractivity contribution in [3.63, 3.8) is 0 Å². The molecule has 1 fully saturated rings. The fourth-order valence-corrected chi connectivity index (χ4v) is 0.506. The van der Waals surface area contributed by atoms with Crippen LogP contribution in [0.1, 0.15) is 6.42 Å². The maximum Gasteiger partial charge on any atom is 0.162 e. The SMILES string of the molecule is FC1CC(F)C1F. The zero-order valence-corrected chi connectivity index (χ0v) is 3.57. The molecular weight excluding hydrogens is 105 g/mol. The Morgan fingerprint density at radius 2 is 1.43 bits per heavy atom. The van der Waals surface area contributed by atoms with Gasteiger partial charge in [0.2, 0.25) is 0 Å². The Balaban J connectivity index is 2.29. The summed E-state index contributed by atoms with van der Waals surface area (Å²) in [5, 5.41) is 0. The number of rotatable bonds is 0. The van der Waals surface area contributed by atoms with Crippen LogP contribution < -0.4 is 0 Å². The van der Waals surface area contributed by atoms with Gasteiger partial charge in [-0.2, -0.15) is 0 Å². The summed E-state index contributed by atoms with van der Waals surface area (Å²) >= 11 is 0. The van der Waals surface area contributed by atoms with Crippen molar-refractivity contribution in [3.8, 4) is 0 Å². The van der Waals surface area contributed by atoms with Crippen molar-refractivity contribution in [2.24, 2.45) is 0 Å². The van der Waals surface area contributed by atoms with Gasteiger partial charge in [0.05, 0.1) is 0 Å². The van der Waals surface area contributed by atoms with Gasteiger partial charge in [0.15, 0.2) is 6.17 Å². The lowest BCUT2D eigenvalue weighted by molar-refractivity contribution is -0.0191. The first-order valence-corrected chi connectivity index (χ1v) is 2.14. The smallest absolute Gasteiger partial charge is 0.162 e. The van der Waals surface area contributed by atoms with E-state index < -0.39 is 18.5 Å². The summed E-state index contributed by atoms with van der Waals surface area (Å²) in [6.45, 7) is 0. The Labute approximate surface area is 39.3 Å². The van der Waals surface area contributed by atoms with Crippen LogP contribution in [0.5, 0.6) is 0 Å². The second-order valence-corrected chi connectivity index (χ2v) is 1.71. The Morgan fingerprint density at radius 1 is 1.00 bits per heavy atom. The summed E-state index contributed by atoms with van der Waals surface area (Å²) in [6.07, 6.45) is -5.15.